The Kier molecular flexibility index (Phi) is 10.6. The van der Waals surface area contributed by atoms with Crippen molar-refractivity contribution in [3.8, 4) is 11.5 Å². The molecule has 3 aromatic carbocycles. The SMILES string of the molecule is CC(C)(C)OC(=O)N1CC(O)C(c2ccc(OCCCOCc3ccccc3)cc2)C(OCc2ccc(O)cc2)C1. The number of benzene rings is 3. The van der Waals surface area contributed by atoms with E-state index in [0.717, 1.165) is 28.9 Å². The van der Waals surface area contributed by atoms with Gasteiger partial charge in [0.2, 0.25) is 0 Å². The molecular formula is C33H41NO7. The minimum atomic E-state index is -0.852. The molecule has 0 spiro atoms. The number of carbonyl (C=O) groups is 1. The van der Waals surface area contributed by atoms with Crippen LogP contribution in [-0.4, -0.2) is 65.3 Å². The van der Waals surface area contributed by atoms with Crippen molar-refractivity contribution >= 4 is 6.09 Å². The lowest BCUT2D eigenvalue weighted by atomic mass is 9.84. The van der Waals surface area contributed by atoms with Gasteiger partial charge in [-0.05, 0) is 61.7 Å². The van der Waals surface area contributed by atoms with Gasteiger partial charge in [-0.1, -0.05) is 54.6 Å². The van der Waals surface area contributed by atoms with Crippen LogP contribution in [0.3, 0.4) is 0 Å². The average Bonchev–Trinajstić information content (AvgIpc) is 2.94. The number of aliphatic hydroxyl groups is 1. The monoisotopic (exact) mass is 563 g/mol. The van der Waals surface area contributed by atoms with Crippen LogP contribution in [0.25, 0.3) is 0 Å². The molecule has 0 radical (unpaired) electrons. The number of amides is 1. The van der Waals surface area contributed by atoms with Crippen molar-refractivity contribution in [2.45, 2.75) is 64.1 Å². The first kappa shape index (κ1) is 30.4. The number of carbonyl (C=O) groups excluding carboxylic acids is 1. The standard InChI is InChI=1S/C33H41NO7/c1-33(2,3)41-32(37)34-20-29(36)31(30(21-34)40-23-25-10-14-27(35)15-11-25)26-12-16-28(17-13-26)39-19-7-18-38-22-24-8-5-4-6-9-24/h4-6,8-17,29-31,35-36H,7,18-23H2,1-3H3. The molecule has 8 nitrogen and oxygen atoms in total. The number of rotatable bonds is 11. The molecule has 4 rings (SSSR count). The molecule has 1 aliphatic heterocycles. The lowest BCUT2D eigenvalue weighted by Gasteiger charge is -2.42. The highest BCUT2D eigenvalue weighted by Gasteiger charge is 2.40. The fourth-order valence-corrected chi connectivity index (χ4v) is 4.76. The van der Waals surface area contributed by atoms with Gasteiger partial charge in [0.15, 0.2) is 0 Å². The van der Waals surface area contributed by atoms with E-state index in [1.807, 2.05) is 75.4 Å². The van der Waals surface area contributed by atoms with Crippen LogP contribution >= 0.6 is 0 Å². The Morgan fingerprint density at radius 1 is 0.878 bits per heavy atom. The van der Waals surface area contributed by atoms with E-state index in [2.05, 4.69) is 0 Å². The molecule has 1 saturated heterocycles. The number of aliphatic hydroxyl groups excluding tert-OH is 1. The van der Waals surface area contributed by atoms with Gasteiger partial charge in [-0.25, -0.2) is 4.79 Å². The highest BCUT2D eigenvalue weighted by atomic mass is 16.6. The maximum atomic E-state index is 12.8. The molecule has 3 unspecified atom stereocenters. The zero-order chi connectivity index (χ0) is 29.2. The summed E-state index contributed by atoms with van der Waals surface area (Å²) in [6.07, 6.45) is -1.04. The van der Waals surface area contributed by atoms with Crippen LogP contribution in [0.5, 0.6) is 11.5 Å². The summed E-state index contributed by atoms with van der Waals surface area (Å²) in [5.41, 5.74) is 2.27. The largest absolute Gasteiger partial charge is 0.508 e. The van der Waals surface area contributed by atoms with Crippen molar-refractivity contribution in [2.75, 3.05) is 26.3 Å². The molecule has 0 aliphatic carbocycles. The summed E-state index contributed by atoms with van der Waals surface area (Å²) in [6, 6.07) is 24.5. The Morgan fingerprint density at radius 2 is 1.56 bits per heavy atom. The van der Waals surface area contributed by atoms with Gasteiger partial charge < -0.3 is 34.1 Å². The number of piperidine rings is 1. The number of β-amino-alcohol motifs (C(OH)–C–C–N with tert-alkyl or cyclic N) is 1. The predicted octanol–water partition coefficient (Wildman–Crippen LogP) is 5.66. The van der Waals surface area contributed by atoms with Gasteiger partial charge >= 0.3 is 6.09 Å². The summed E-state index contributed by atoms with van der Waals surface area (Å²) >= 11 is 0. The van der Waals surface area contributed by atoms with Crippen LogP contribution in [0.15, 0.2) is 78.9 Å². The summed E-state index contributed by atoms with van der Waals surface area (Å²) in [4.78, 5) is 14.3. The predicted molar refractivity (Wildman–Crippen MR) is 156 cm³/mol. The summed E-state index contributed by atoms with van der Waals surface area (Å²) in [7, 11) is 0. The molecule has 41 heavy (non-hydrogen) atoms. The quantitative estimate of drug-likeness (QED) is 0.291. The molecule has 2 N–H and O–H groups in total. The molecule has 0 aromatic heterocycles. The fraction of sp³-hybridized carbons (Fsp3) is 0.424. The van der Waals surface area contributed by atoms with Crippen molar-refractivity contribution in [1.29, 1.82) is 0 Å². The number of ether oxygens (including phenoxy) is 4. The van der Waals surface area contributed by atoms with Crippen molar-refractivity contribution in [3.63, 3.8) is 0 Å². The molecule has 8 heteroatoms. The number of hydrogen-bond acceptors (Lipinski definition) is 7. The normalized spacial score (nSPS) is 19.1. The van der Waals surface area contributed by atoms with E-state index >= 15 is 0 Å². The van der Waals surface area contributed by atoms with Gasteiger partial charge in [0.1, 0.15) is 17.1 Å². The Bertz CT molecular complexity index is 1210. The van der Waals surface area contributed by atoms with Crippen molar-refractivity contribution in [1.82, 2.24) is 4.90 Å². The van der Waals surface area contributed by atoms with Gasteiger partial charge in [0.05, 0.1) is 51.7 Å². The lowest BCUT2D eigenvalue weighted by molar-refractivity contribution is -0.0756. The maximum absolute atomic E-state index is 12.8. The average molecular weight is 564 g/mol. The minimum Gasteiger partial charge on any atom is -0.508 e. The zero-order valence-electron chi connectivity index (χ0n) is 24.1. The van der Waals surface area contributed by atoms with Crippen molar-refractivity contribution < 1.29 is 34.0 Å². The second-order valence-electron chi connectivity index (χ2n) is 11.3. The van der Waals surface area contributed by atoms with Crippen molar-refractivity contribution in [3.05, 3.63) is 95.6 Å². The van der Waals surface area contributed by atoms with E-state index in [1.165, 1.54) is 4.90 Å². The number of hydrogen-bond donors (Lipinski definition) is 2. The third-order valence-corrected chi connectivity index (χ3v) is 6.75. The first-order valence-electron chi connectivity index (χ1n) is 14.1. The first-order chi connectivity index (χ1) is 19.7. The molecule has 220 valence electrons. The first-order valence-corrected chi connectivity index (χ1v) is 14.1. The molecular weight excluding hydrogens is 522 g/mol. The van der Waals surface area contributed by atoms with E-state index in [-0.39, 0.29) is 31.4 Å². The molecule has 3 atom stereocenters. The fourth-order valence-electron chi connectivity index (χ4n) is 4.76. The Labute approximate surface area is 242 Å². The van der Waals surface area contributed by atoms with Crippen LogP contribution in [0.1, 0.15) is 49.8 Å². The molecule has 3 aromatic rings. The molecule has 0 saturated carbocycles. The highest BCUT2D eigenvalue weighted by molar-refractivity contribution is 5.68. The summed E-state index contributed by atoms with van der Waals surface area (Å²) in [6.45, 7) is 7.84. The lowest BCUT2D eigenvalue weighted by Crippen LogP contribution is -2.54. The van der Waals surface area contributed by atoms with Gasteiger partial charge in [-0.15, -0.1) is 0 Å². The minimum absolute atomic E-state index is 0.139. The smallest absolute Gasteiger partial charge is 0.410 e. The zero-order valence-corrected chi connectivity index (χ0v) is 24.1. The Hall–Kier alpha value is -3.59. The Balaban J connectivity index is 1.35. The molecule has 1 fully saturated rings. The molecule has 1 amide bonds. The van der Waals surface area contributed by atoms with Crippen LogP contribution in [0, 0.1) is 0 Å². The summed E-state index contributed by atoms with van der Waals surface area (Å²) in [5.74, 6) is 0.558. The topological polar surface area (TPSA) is 97.7 Å². The third-order valence-electron chi connectivity index (χ3n) is 6.75. The second kappa shape index (κ2) is 14.3. The third kappa shape index (κ3) is 9.49. The van der Waals surface area contributed by atoms with E-state index in [1.54, 1.807) is 24.3 Å². The molecule has 1 aliphatic rings. The van der Waals surface area contributed by atoms with E-state index in [4.69, 9.17) is 18.9 Å². The number of nitrogens with zero attached hydrogens (tertiary/aromatic N) is 1. The van der Waals surface area contributed by atoms with Crippen LogP contribution < -0.4 is 4.74 Å². The summed E-state index contributed by atoms with van der Waals surface area (Å²) < 4.78 is 23.5. The number of likely N-dealkylation sites (tertiary alicyclic amines) is 1. The molecule has 0 bridgehead atoms. The maximum Gasteiger partial charge on any atom is 0.410 e. The summed E-state index contributed by atoms with van der Waals surface area (Å²) in [5, 5.41) is 20.8. The van der Waals surface area contributed by atoms with Crippen LogP contribution in [0.4, 0.5) is 4.79 Å². The van der Waals surface area contributed by atoms with E-state index in [0.29, 0.717) is 19.8 Å². The number of aromatic hydroxyl groups is 1. The van der Waals surface area contributed by atoms with Gasteiger partial charge in [-0.3, -0.25) is 0 Å². The number of phenols is 1. The second-order valence-corrected chi connectivity index (χ2v) is 11.3. The number of phenolic OH excluding ortho intramolecular Hbond substituents is 1. The van der Waals surface area contributed by atoms with Gasteiger partial charge in [0.25, 0.3) is 0 Å². The van der Waals surface area contributed by atoms with E-state index in [9.17, 15) is 15.0 Å². The van der Waals surface area contributed by atoms with Gasteiger partial charge in [-0.2, -0.15) is 0 Å². The highest BCUT2D eigenvalue weighted by Crippen LogP contribution is 2.33. The van der Waals surface area contributed by atoms with Gasteiger partial charge in [0, 0.05) is 12.3 Å². The van der Waals surface area contributed by atoms with Crippen LogP contribution in [0.2, 0.25) is 0 Å². The van der Waals surface area contributed by atoms with Crippen LogP contribution in [-0.2, 0) is 27.4 Å². The van der Waals surface area contributed by atoms with E-state index < -0.39 is 23.9 Å². The van der Waals surface area contributed by atoms with Crippen molar-refractivity contribution in [2.24, 2.45) is 0 Å². The molecule has 1 heterocycles. The Morgan fingerprint density at radius 3 is 2.24 bits per heavy atom.